The Kier molecular flexibility index (Phi) is 3.69. The summed E-state index contributed by atoms with van der Waals surface area (Å²) in [5.74, 6) is -0.181. The van der Waals surface area contributed by atoms with Crippen LogP contribution in [0.25, 0.3) is 0 Å². The largest absolute Gasteiger partial charge is 0.469 e. The minimum atomic E-state index is -0.203. The summed E-state index contributed by atoms with van der Waals surface area (Å²) < 4.78 is 10.00. The van der Waals surface area contributed by atoms with Crippen LogP contribution in [-0.4, -0.2) is 38.9 Å². The molecule has 0 radical (unpaired) electrons. The molecule has 1 unspecified atom stereocenters. The van der Waals surface area contributed by atoms with Gasteiger partial charge in [0.05, 0.1) is 25.7 Å². The molecule has 0 aromatic heterocycles. The summed E-state index contributed by atoms with van der Waals surface area (Å²) >= 11 is 0. The minimum absolute atomic E-state index is 0.181. The second-order valence-electron chi connectivity index (χ2n) is 3.44. The monoisotopic (exact) mass is 187 g/mol. The molecular weight excluding hydrogens is 170 g/mol. The number of carbonyl (C=O) groups is 1. The molecule has 1 aliphatic rings. The normalized spacial score (nSPS) is 28.5. The van der Waals surface area contributed by atoms with E-state index in [0.29, 0.717) is 13.0 Å². The molecule has 0 saturated carbocycles. The molecule has 4 nitrogen and oxygen atoms in total. The molecule has 0 aromatic rings. The summed E-state index contributed by atoms with van der Waals surface area (Å²) in [6.45, 7) is 1.39. The van der Waals surface area contributed by atoms with E-state index in [1.54, 1.807) is 0 Å². The fourth-order valence-corrected chi connectivity index (χ4v) is 1.63. The van der Waals surface area contributed by atoms with Crippen molar-refractivity contribution in [2.24, 2.45) is 0 Å². The smallest absolute Gasteiger partial charge is 0.307 e. The first-order valence-corrected chi connectivity index (χ1v) is 4.56. The van der Waals surface area contributed by atoms with Crippen molar-refractivity contribution in [3.63, 3.8) is 0 Å². The molecule has 0 bridgehead atoms. The van der Waals surface area contributed by atoms with Crippen molar-refractivity contribution in [3.05, 3.63) is 0 Å². The van der Waals surface area contributed by atoms with Crippen LogP contribution in [0.4, 0.5) is 0 Å². The van der Waals surface area contributed by atoms with Gasteiger partial charge < -0.3 is 14.8 Å². The van der Waals surface area contributed by atoms with Crippen molar-refractivity contribution in [2.75, 3.05) is 27.4 Å². The van der Waals surface area contributed by atoms with Gasteiger partial charge in [0.25, 0.3) is 0 Å². The molecule has 1 N–H and O–H groups in total. The number of nitrogens with one attached hydrogen (secondary N) is 1. The number of esters is 1. The lowest BCUT2D eigenvalue weighted by Gasteiger charge is -2.35. The molecule has 4 heteroatoms. The van der Waals surface area contributed by atoms with Crippen LogP contribution in [0.2, 0.25) is 0 Å². The lowest BCUT2D eigenvalue weighted by Crippen LogP contribution is -2.51. The summed E-state index contributed by atoms with van der Waals surface area (Å²) in [7, 11) is 3.27. The lowest BCUT2D eigenvalue weighted by atomic mass is 9.89. The topological polar surface area (TPSA) is 47.6 Å². The molecule has 13 heavy (non-hydrogen) atoms. The van der Waals surface area contributed by atoms with Gasteiger partial charge in [-0.05, 0) is 19.9 Å². The first-order chi connectivity index (χ1) is 6.22. The number of likely N-dealkylation sites (N-methyl/N-ethyl adjacent to an activating group) is 1. The maximum atomic E-state index is 11.1. The standard InChI is InChI=1S/C9H17NO3/c1-10-9(6-8(11)12-2)4-3-5-13-7-9/h10H,3-7H2,1-2H3. The van der Waals surface area contributed by atoms with Crippen LogP contribution in [0.5, 0.6) is 0 Å². The average Bonchev–Trinajstić information content (AvgIpc) is 2.19. The number of methoxy groups -OCH3 is 1. The third-order valence-corrected chi connectivity index (χ3v) is 2.56. The first-order valence-electron chi connectivity index (χ1n) is 4.56. The second kappa shape index (κ2) is 4.58. The number of hydrogen-bond acceptors (Lipinski definition) is 4. The van der Waals surface area contributed by atoms with Gasteiger partial charge >= 0.3 is 5.97 Å². The Morgan fingerprint density at radius 3 is 2.92 bits per heavy atom. The molecule has 1 aliphatic heterocycles. The number of carbonyl (C=O) groups excluding carboxylic acids is 1. The van der Waals surface area contributed by atoms with Gasteiger partial charge in [-0.2, -0.15) is 0 Å². The molecule has 1 heterocycles. The van der Waals surface area contributed by atoms with Crippen LogP contribution in [0.3, 0.4) is 0 Å². The van der Waals surface area contributed by atoms with Gasteiger partial charge in [-0.3, -0.25) is 4.79 Å². The van der Waals surface area contributed by atoms with E-state index in [9.17, 15) is 4.79 Å². The summed E-state index contributed by atoms with van der Waals surface area (Å²) in [6.07, 6.45) is 2.36. The molecule has 0 spiro atoms. The Labute approximate surface area is 78.6 Å². The Bertz CT molecular complexity index is 176. The summed E-state index contributed by atoms with van der Waals surface area (Å²) in [4.78, 5) is 11.1. The Balaban J connectivity index is 2.52. The van der Waals surface area contributed by atoms with E-state index in [1.165, 1.54) is 7.11 Å². The van der Waals surface area contributed by atoms with Crippen molar-refractivity contribution in [3.8, 4) is 0 Å². The van der Waals surface area contributed by atoms with Crippen molar-refractivity contribution >= 4 is 5.97 Å². The van der Waals surface area contributed by atoms with E-state index in [4.69, 9.17) is 4.74 Å². The maximum absolute atomic E-state index is 11.1. The zero-order valence-electron chi connectivity index (χ0n) is 8.26. The van der Waals surface area contributed by atoms with E-state index >= 15 is 0 Å². The van der Waals surface area contributed by atoms with Gasteiger partial charge in [-0.25, -0.2) is 0 Å². The molecule has 1 saturated heterocycles. The van der Waals surface area contributed by atoms with Gasteiger partial charge in [0.15, 0.2) is 0 Å². The second-order valence-corrected chi connectivity index (χ2v) is 3.44. The van der Waals surface area contributed by atoms with E-state index in [-0.39, 0.29) is 11.5 Å². The third kappa shape index (κ3) is 2.67. The molecule has 0 amide bonds. The summed E-state index contributed by atoms with van der Waals surface area (Å²) in [6, 6.07) is 0. The summed E-state index contributed by atoms with van der Waals surface area (Å²) in [5.41, 5.74) is -0.203. The zero-order chi connectivity index (χ0) is 9.73. The highest BCUT2D eigenvalue weighted by Gasteiger charge is 2.33. The predicted octanol–water partition coefficient (Wildman–Crippen LogP) is 0.318. The maximum Gasteiger partial charge on any atom is 0.307 e. The third-order valence-electron chi connectivity index (χ3n) is 2.56. The van der Waals surface area contributed by atoms with Crippen LogP contribution in [0.15, 0.2) is 0 Å². The number of rotatable bonds is 3. The SMILES string of the molecule is CNC1(CC(=O)OC)CCCOC1. The van der Waals surface area contributed by atoms with Gasteiger partial charge in [0.2, 0.25) is 0 Å². The lowest BCUT2D eigenvalue weighted by molar-refractivity contribution is -0.144. The Morgan fingerprint density at radius 2 is 2.46 bits per heavy atom. The molecular formula is C9H17NO3. The van der Waals surface area contributed by atoms with Gasteiger partial charge in [-0.1, -0.05) is 0 Å². The van der Waals surface area contributed by atoms with Crippen molar-refractivity contribution in [2.45, 2.75) is 24.8 Å². The highest BCUT2D eigenvalue weighted by Crippen LogP contribution is 2.22. The highest BCUT2D eigenvalue weighted by atomic mass is 16.5. The Morgan fingerprint density at radius 1 is 1.69 bits per heavy atom. The van der Waals surface area contributed by atoms with E-state index < -0.39 is 0 Å². The van der Waals surface area contributed by atoms with E-state index in [0.717, 1.165) is 19.4 Å². The van der Waals surface area contributed by atoms with Crippen LogP contribution in [-0.2, 0) is 14.3 Å². The highest BCUT2D eigenvalue weighted by molar-refractivity contribution is 5.70. The van der Waals surface area contributed by atoms with Gasteiger partial charge in [0, 0.05) is 6.61 Å². The van der Waals surface area contributed by atoms with Crippen molar-refractivity contribution in [1.82, 2.24) is 5.32 Å². The number of ether oxygens (including phenoxy) is 2. The Hall–Kier alpha value is -0.610. The number of hydrogen-bond donors (Lipinski definition) is 1. The molecule has 1 fully saturated rings. The fraction of sp³-hybridized carbons (Fsp3) is 0.889. The molecule has 1 rings (SSSR count). The van der Waals surface area contributed by atoms with Crippen LogP contribution < -0.4 is 5.32 Å². The molecule has 0 aliphatic carbocycles. The van der Waals surface area contributed by atoms with Crippen LogP contribution >= 0.6 is 0 Å². The molecule has 76 valence electrons. The summed E-state index contributed by atoms with van der Waals surface area (Å²) in [5, 5.41) is 3.16. The molecule has 0 aromatic carbocycles. The van der Waals surface area contributed by atoms with Gasteiger partial charge in [0.1, 0.15) is 0 Å². The van der Waals surface area contributed by atoms with Crippen molar-refractivity contribution in [1.29, 1.82) is 0 Å². The van der Waals surface area contributed by atoms with Crippen molar-refractivity contribution < 1.29 is 14.3 Å². The zero-order valence-corrected chi connectivity index (χ0v) is 8.26. The quantitative estimate of drug-likeness (QED) is 0.646. The fourth-order valence-electron chi connectivity index (χ4n) is 1.63. The van der Waals surface area contributed by atoms with Crippen LogP contribution in [0.1, 0.15) is 19.3 Å². The van der Waals surface area contributed by atoms with Crippen LogP contribution in [0, 0.1) is 0 Å². The molecule has 1 atom stereocenters. The van der Waals surface area contributed by atoms with Gasteiger partial charge in [-0.15, -0.1) is 0 Å². The van der Waals surface area contributed by atoms with E-state index in [1.807, 2.05) is 7.05 Å². The predicted molar refractivity (Wildman–Crippen MR) is 48.5 cm³/mol. The first kappa shape index (κ1) is 10.5. The minimum Gasteiger partial charge on any atom is -0.469 e. The average molecular weight is 187 g/mol. The van der Waals surface area contributed by atoms with E-state index in [2.05, 4.69) is 10.1 Å².